The molecule has 21 heavy (non-hydrogen) atoms. The first-order valence-electron chi connectivity index (χ1n) is 7.32. The number of nitrogens with two attached hydrogens (primary N) is 1. The minimum Gasteiger partial charge on any atom is -0.379 e. The second kappa shape index (κ2) is 9.60. The van der Waals surface area contributed by atoms with E-state index in [4.69, 9.17) is 10.5 Å². The van der Waals surface area contributed by atoms with Gasteiger partial charge < -0.3 is 15.8 Å². The van der Waals surface area contributed by atoms with Crippen LogP contribution in [0.15, 0.2) is 17.1 Å². The number of nitrogens with zero attached hydrogens (tertiary/aromatic N) is 2. The van der Waals surface area contributed by atoms with Gasteiger partial charge in [0.15, 0.2) is 5.96 Å². The Kier molecular flexibility index (Phi) is 7.76. The number of guanidine groups is 1. The lowest BCUT2D eigenvalue weighted by atomic mass is 10.3. The van der Waals surface area contributed by atoms with Crippen molar-refractivity contribution < 1.29 is 4.74 Å². The van der Waals surface area contributed by atoms with Gasteiger partial charge in [0, 0.05) is 37.6 Å². The molecule has 0 radical (unpaired) electrons. The molecular weight excluding hydrogens is 399 g/mol. The molecule has 0 atom stereocenters. The van der Waals surface area contributed by atoms with Gasteiger partial charge in [-0.1, -0.05) is 0 Å². The largest absolute Gasteiger partial charge is 0.379 e. The summed E-state index contributed by atoms with van der Waals surface area (Å²) in [5.74, 6) is 0.559. The summed E-state index contributed by atoms with van der Waals surface area (Å²) in [6.07, 6.45) is 2.04. The van der Waals surface area contributed by atoms with Crippen molar-refractivity contribution in [3.05, 3.63) is 19.9 Å². The standard InChI is InChI=1S/C14H23IN4OS/c15-13-3-2-12(21-13)4-6-18-14(16)17-5-1-7-19-8-10-20-11-9-19/h2-3H,1,4-11H2,(H3,16,17,18). The van der Waals surface area contributed by atoms with E-state index in [0.29, 0.717) is 5.96 Å². The quantitative estimate of drug-likeness (QED) is 0.303. The molecule has 2 heterocycles. The van der Waals surface area contributed by atoms with E-state index in [1.54, 1.807) is 0 Å². The maximum Gasteiger partial charge on any atom is 0.188 e. The fourth-order valence-electron chi connectivity index (χ4n) is 2.17. The molecule has 2 rings (SSSR count). The molecule has 0 spiro atoms. The van der Waals surface area contributed by atoms with Crippen LogP contribution in [0.1, 0.15) is 11.3 Å². The van der Waals surface area contributed by atoms with E-state index >= 15 is 0 Å². The highest BCUT2D eigenvalue weighted by Crippen LogP contribution is 2.18. The molecule has 0 amide bonds. The zero-order valence-electron chi connectivity index (χ0n) is 12.2. The predicted octanol–water partition coefficient (Wildman–Crippen LogP) is 1.52. The van der Waals surface area contributed by atoms with Crippen LogP contribution in [-0.4, -0.2) is 56.8 Å². The van der Waals surface area contributed by atoms with E-state index in [9.17, 15) is 0 Å². The van der Waals surface area contributed by atoms with Crippen molar-refractivity contribution in [3.63, 3.8) is 0 Å². The highest BCUT2D eigenvalue weighted by atomic mass is 127. The van der Waals surface area contributed by atoms with Crippen molar-refractivity contribution in [1.29, 1.82) is 0 Å². The van der Waals surface area contributed by atoms with Crippen molar-refractivity contribution in [1.82, 2.24) is 10.2 Å². The molecule has 0 unspecified atom stereocenters. The van der Waals surface area contributed by atoms with E-state index in [0.717, 1.165) is 58.8 Å². The van der Waals surface area contributed by atoms with Crippen LogP contribution in [0.3, 0.4) is 0 Å². The van der Waals surface area contributed by atoms with Crippen LogP contribution in [0.5, 0.6) is 0 Å². The second-order valence-corrected chi connectivity index (χ2v) is 8.02. The van der Waals surface area contributed by atoms with Gasteiger partial charge in [0.2, 0.25) is 0 Å². The summed E-state index contributed by atoms with van der Waals surface area (Å²) in [6.45, 7) is 6.49. The summed E-state index contributed by atoms with van der Waals surface area (Å²) in [5.41, 5.74) is 5.87. The zero-order chi connectivity index (χ0) is 14.9. The molecule has 1 fully saturated rings. The summed E-state index contributed by atoms with van der Waals surface area (Å²) in [7, 11) is 0. The van der Waals surface area contributed by atoms with Crippen LogP contribution in [0, 0.1) is 2.88 Å². The Morgan fingerprint density at radius 2 is 2.24 bits per heavy atom. The highest BCUT2D eigenvalue weighted by Gasteiger charge is 2.08. The monoisotopic (exact) mass is 422 g/mol. The van der Waals surface area contributed by atoms with Crippen LogP contribution in [-0.2, 0) is 11.2 Å². The van der Waals surface area contributed by atoms with E-state index in [1.807, 2.05) is 11.3 Å². The van der Waals surface area contributed by atoms with E-state index < -0.39 is 0 Å². The third-order valence-corrected chi connectivity index (χ3v) is 5.28. The first kappa shape index (κ1) is 17.0. The number of thiophene rings is 1. The normalized spacial score (nSPS) is 17.1. The fourth-order valence-corrected chi connectivity index (χ4v) is 3.93. The van der Waals surface area contributed by atoms with Gasteiger partial charge in [-0.05, 0) is 47.6 Å². The average molecular weight is 422 g/mol. The Hall–Kier alpha value is -0.380. The molecule has 3 N–H and O–H groups in total. The van der Waals surface area contributed by atoms with Gasteiger partial charge in [-0.25, -0.2) is 0 Å². The van der Waals surface area contributed by atoms with Gasteiger partial charge in [0.25, 0.3) is 0 Å². The van der Waals surface area contributed by atoms with Crippen molar-refractivity contribution >= 4 is 39.9 Å². The average Bonchev–Trinajstić information content (AvgIpc) is 2.90. The number of halogens is 1. The molecule has 0 aliphatic carbocycles. The van der Waals surface area contributed by atoms with Crippen LogP contribution in [0.25, 0.3) is 0 Å². The Labute approximate surface area is 144 Å². The number of rotatable bonds is 7. The first-order chi connectivity index (χ1) is 10.2. The van der Waals surface area contributed by atoms with Crippen molar-refractivity contribution in [2.75, 3.05) is 45.9 Å². The van der Waals surface area contributed by atoms with Gasteiger partial charge in [-0.15, -0.1) is 11.3 Å². The Morgan fingerprint density at radius 3 is 2.95 bits per heavy atom. The molecule has 1 aromatic rings. The molecule has 0 bridgehead atoms. The summed E-state index contributed by atoms with van der Waals surface area (Å²) in [4.78, 5) is 8.17. The number of hydrogen-bond acceptors (Lipinski definition) is 4. The summed E-state index contributed by atoms with van der Waals surface area (Å²) < 4.78 is 6.65. The third-order valence-electron chi connectivity index (χ3n) is 3.32. The predicted molar refractivity (Wildman–Crippen MR) is 97.1 cm³/mol. The fraction of sp³-hybridized carbons (Fsp3) is 0.643. The Bertz CT molecular complexity index is 446. The van der Waals surface area contributed by atoms with Gasteiger partial charge >= 0.3 is 0 Å². The van der Waals surface area contributed by atoms with Gasteiger partial charge in [0.1, 0.15) is 0 Å². The van der Waals surface area contributed by atoms with Crippen LogP contribution in [0.2, 0.25) is 0 Å². The molecule has 1 aliphatic rings. The highest BCUT2D eigenvalue weighted by molar-refractivity contribution is 14.1. The molecular formula is C14H23IN4OS. The zero-order valence-corrected chi connectivity index (χ0v) is 15.2. The lowest BCUT2D eigenvalue weighted by molar-refractivity contribution is 0.0377. The second-order valence-electron chi connectivity index (χ2n) is 4.96. The molecule has 5 nitrogen and oxygen atoms in total. The van der Waals surface area contributed by atoms with Crippen LogP contribution in [0.4, 0.5) is 0 Å². The van der Waals surface area contributed by atoms with Crippen LogP contribution >= 0.6 is 33.9 Å². The molecule has 1 aromatic heterocycles. The maximum absolute atomic E-state index is 5.87. The minimum absolute atomic E-state index is 0.559. The number of ether oxygens (including phenoxy) is 1. The molecule has 1 saturated heterocycles. The first-order valence-corrected chi connectivity index (χ1v) is 9.21. The van der Waals surface area contributed by atoms with Crippen molar-refractivity contribution in [3.8, 4) is 0 Å². The number of hydrogen-bond donors (Lipinski definition) is 2. The molecule has 118 valence electrons. The van der Waals surface area contributed by atoms with E-state index in [2.05, 4.69) is 49.9 Å². The van der Waals surface area contributed by atoms with Gasteiger partial charge in [0.05, 0.1) is 16.1 Å². The summed E-state index contributed by atoms with van der Waals surface area (Å²) in [5, 5.41) is 3.18. The smallest absolute Gasteiger partial charge is 0.188 e. The molecule has 7 heteroatoms. The lowest BCUT2D eigenvalue weighted by Gasteiger charge is -2.26. The van der Waals surface area contributed by atoms with Crippen molar-refractivity contribution in [2.45, 2.75) is 12.8 Å². The molecule has 0 aromatic carbocycles. The minimum atomic E-state index is 0.559. The molecule has 1 aliphatic heterocycles. The SMILES string of the molecule is NC(=NCCCN1CCOCC1)NCCc1ccc(I)s1. The van der Waals surface area contributed by atoms with Crippen LogP contribution < -0.4 is 11.1 Å². The lowest BCUT2D eigenvalue weighted by Crippen LogP contribution is -2.37. The van der Waals surface area contributed by atoms with E-state index in [-0.39, 0.29) is 0 Å². The Morgan fingerprint density at radius 1 is 1.43 bits per heavy atom. The van der Waals surface area contributed by atoms with E-state index in [1.165, 1.54) is 7.76 Å². The van der Waals surface area contributed by atoms with Crippen molar-refractivity contribution in [2.24, 2.45) is 10.7 Å². The maximum atomic E-state index is 5.87. The Balaban J connectivity index is 1.54. The summed E-state index contributed by atoms with van der Waals surface area (Å²) >= 11 is 4.17. The number of nitrogens with one attached hydrogen (secondary N) is 1. The summed E-state index contributed by atoms with van der Waals surface area (Å²) in [6, 6.07) is 4.31. The van der Waals surface area contributed by atoms with Gasteiger partial charge in [-0.3, -0.25) is 9.89 Å². The topological polar surface area (TPSA) is 62.9 Å². The number of aliphatic imine (C=N–C) groups is 1. The molecule has 0 saturated carbocycles. The van der Waals surface area contributed by atoms with Gasteiger partial charge in [-0.2, -0.15) is 0 Å². The third kappa shape index (κ3) is 6.94. The number of morpholine rings is 1.